The summed E-state index contributed by atoms with van der Waals surface area (Å²) in [6.45, 7) is 6.21. The van der Waals surface area contributed by atoms with Gasteiger partial charge in [0.25, 0.3) is 5.91 Å². The highest BCUT2D eigenvalue weighted by atomic mass is 16.5. The number of esters is 1. The standard InChI is InChI=1S/C17H23NO4/c1-17(2,3)13-7-5-12(6-8-13)16(21)18-11-14(19)9-10-15(20)22-4/h5-8H,9-11H2,1-4H3,(H,18,21). The van der Waals surface area contributed by atoms with E-state index >= 15 is 0 Å². The molecule has 1 amide bonds. The van der Waals surface area contributed by atoms with E-state index in [1.54, 1.807) is 12.1 Å². The van der Waals surface area contributed by atoms with Gasteiger partial charge in [-0.3, -0.25) is 14.4 Å². The molecule has 0 saturated heterocycles. The van der Waals surface area contributed by atoms with Gasteiger partial charge in [0.05, 0.1) is 20.1 Å². The summed E-state index contributed by atoms with van der Waals surface area (Å²) in [6.07, 6.45) is 0.0986. The fraction of sp³-hybridized carbons (Fsp3) is 0.471. The van der Waals surface area contributed by atoms with Gasteiger partial charge in [-0.1, -0.05) is 32.9 Å². The maximum atomic E-state index is 11.9. The fourth-order valence-corrected chi connectivity index (χ4v) is 1.83. The third-order valence-electron chi connectivity index (χ3n) is 3.29. The van der Waals surface area contributed by atoms with Crippen molar-refractivity contribution in [3.63, 3.8) is 0 Å². The first-order valence-electron chi connectivity index (χ1n) is 7.21. The molecule has 5 nitrogen and oxygen atoms in total. The molecule has 0 aliphatic carbocycles. The Hall–Kier alpha value is -2.17. The van der Waals surface area contributed by atoms with Gasteiger partial charge in [-0.25, -0.2) is 0 Å². The van der Waals surface area contributed by atoms with Crippen molar-refractivity contribution >= 4 is 17.7 Å². The van der Waals surface area contributed by atoms with Gasteiger partial charge in [0, 0.05) is 12.0 Å². The number of benzene rings is 1. The molecule has 0 atom stereocenters. The summed E-state index contributed by atoms with van der Waals surface area (Å²) in [5.74, 6) is -0.936. The summed E-state index contributed by atoms with van der Waals surface area (Å²) < 4.78 is 4.46. The van der Waals surface area contributed by atoms with Crippen molar-refractivity contribution in [2.75, 3.05) is 13.7 Å². The number of carbonyl (C=O) groups excluding carboxylic acids is 3. The zero-order chi connectivity index (χ0) is 16.8. The van der Waals surface area contributed by atoms with Gasteiger partial charge in [-0.2, -0.15) is 0 Å². The molecular weight excluding hydrogens is 282 g/mol. The van der Waals surface area contributed by atoms with Crippen LogP contribution in [0.1, 0.15) is 49.5 Å². The van der Waals surface area contributed by atoms with Crippen LogP contribution >= 0.6 is 0 Å². The first-order valence-corrected chi connectivity index (χ1v) is 7.21. The molecule has 0 bridgehead atoms. The molecule has 5 heteroatoms. The number of hydrogen-bond acceptors (Lipinski definition) is 4. The second kappa shape index (κ2) is 7.73. The second-order valence-corrected chi connectivity index (χ2v) is 6.12. The van der Waals surface area contributed by atoms with Crippen LogP contribution in [0, 0.1) is 0 Å². The number of ketones is 1. The van der Waals surface area contributed by atoms with E-state index in [9.17, 15) is 14.4 Å². The minimum absolute atomic E-state index is 0.0266. The molecular formula is C17H23NO4. The third-order valence-corrected chi connectivity index (χ3v) is 3.29. The van der Waals surface area contributed by atoms with Crippen LogP contribution in [0.15, 0.2) is 24.3 Å². The summed E-state index contributed by atoms with van der Waals surface area (Å²) in [5.41, 5.74) is 1.67. The lowest BCUT2D eigenvalue weighted by molar-refractivity contribution is -0.141. The Kier molecular flexibility index (Phi) is 6.28. The molecule has 120 valence electrons. The SMILES string of the molecule is COC(=O)CCC(=O)CNC(=O)c1ccc(C(C)(C)C)cc1. The van der Waals surface area contributed by atoms with Crippen LogP contribution in [0.5, 0.6) is 0 Å². The van der Waals surface area contributed by atoms with Crippen molar-refractivity contribution in [3.8, 4) is 0 Å². The highest BCUT2D eigenvalue weighted by Gasteiger charge is 2.14. The van der Waals surface area contributed by atoms with Gasteiger partial charge in [0.2, 0.25) is 0 Å². The monoisotopic (exact) mass is 305 g/mol. The summed E-state index contributed by atoms with van der Waals surface area (Å²) in [6, 6.07) is 7.31. The van der Waals surface area contributed by atoms with E-state index in [4.69, 9.17) is 0 Å². The molecule has 0 saturated carbocycles. The number of carbonyl (C=O) groups is 3. The van der Waals surface area contributed by atoms with E-state index in [2.05, 4.69) is 30.8 Å². The average Bonchev–Trinajstić information content (AvgIpc) is 2.49. The molecule has 0 spiro atoms. The average molecular weight is 305 g/mol. The number of Topliss-reactive ketones (excluding diaryl/α,β-unsaturated/α-hetero) is 1. The Morgan fingerprint density at radius 1 is 1.05 bits per heavy atom. The van der Waals surface area contributed by atoms with E-state index in [1.165, 1.54) is 7.11 Å². The van der Waals surface area contributed by atoms with Crippen LogP contribution < -0.4 is 5.32 Å². The maximum absolute atomic E-state index is 11.9. The fourth-order valence-electron chi connectivity index (χ4n) is 1.83. The van der Waals surface area contributed by atoms with Crippen molar-refractivity contribution in [2.45, 2.75) is 39.0 Å². The highest BCUT2D eigenvalue weighted by molar-refractivity contribution is 5.97. The van der Waals surface area contributed by atoms with Crippen molar-refractivity contribution in [3.05, 3.63) is 35.4 Å². The normalized spacial score (nSPS) is 10.9. The van der Waals surface area contributed by atoms with Gasteiger partial charge in [0.1, 0.15) is 0 Å². The molecule has 1 aromatic rings. The van der Waals surface area contributed by atoms with Gasteiger partial charge in [-0.05, 0) is 23.1 Å². The van der Waals surface area contributed by atoms with Crippen LogP contribution in [0.3, 0.4) is 0 Å². The summed E-state index contributed by atoms with van der Waals surface area (Å²) in [4.78, 5) is 34.4. The summed E-state index contributed by atoms with van der Waals surface area (Å²) >= 11 is 0. The molecule has 0 unspecified atom stereocenters. The minimum atomic E-state index is -0.433. The van der Waals surface area contributed by atoms with Crippen molar-refractivity contribution in [2.24, 2.45) is 0 Å². The molecule has 0 heterocycles. The lowest BCUT2D eigenvalue weighted by Crippen LogP contribution is -2.29. The first-order chi connectivity index (χ1) is 10.2. The van der Waals surface area contributed by atoms with Crippen LogP contribution in [-0.2, 0) is 19.7 Å². The van der Waals surface area contributed by atoms with Crippen LogP contribution in [0.25, 0.3) is 0 Å². The van der Waals surface area contributed by atoms with Crippen LogP contribution in [0.2, 0.25) is 0 Å². The summed E-state index contributed by atoms with van der Waals surface area (Å²) in [7, 11) is 1.27. The zero-order valence-corrected chi connectivity index (χ0v) is 13.6. The molecule has 1 N–H and O–H groups in total. The van der Waals surface area contributed by atoms with Crippen LogP contribution in [0.4, 0.5) is 0 Å². The zero-order valence-electron chi connectivity index (χ0n) is 13.6. The predicted molar refractivity (Wildman–Crippen MR) is 83.7 cm³/mol. The third kappa shape index (κ3) is 5.68. The Morgan fingerprint density at radius 2 is 1.64 bits per heavy atom. The quantitative estimate of drug-likeness (QED) is 0.818. The molecule has 0 fully saturated rings. The largest absolute Gasteiger partial charge is 0.469 e. The van der Waals surface area contributed by atoms with Crippen molar-refractivity contribution in [1.29, 1.82) is 0 Å². The van der Waals surface area contributed by atoms with E-state index in [0.717, 1.165) is 5.56 Å². The number of hydrogen-bond donors (Lipinski definition) is 1. The molecule has 22 heavy (non-hydrogen) atoms. The van der Waals surface area contributed by atoms with Crippen molar-refractivity contribution < 1.29 is 19.1 Å². The van der Waals surface area contributed by atoms with Crippen LogP contribution in [-0.4, -0.2) is 31.3 Å². The molecule has 0 aliphatic rings. The molecule has 0 radical (unpaired) electrons. The van der Waals surface area contributed by atoms with Gasteiger partial charge >= 0.3 is 5.97 Å². The molecule has 0 aromatic heterocycles. The second-order valence-electron chi connectivity index (χ2n) is 6.12. The smallest absolute Gasteiger partial charge is 0.305 e. The van der Waals surface area contributed by atoms with Gasteiger partial charge < -0.3 is 10.1 Å². The van der Waals surface area contributed by atoms with Gasteiger partial charge in [-0.15, -0.1) is 0 Å². The maximum Gasteiger partial charge on any atom is 0.305 e. The Labute approximate surface area is 131 Å². The number of rotatable bonds is 6. The predicted octanol–water partition coefficient (Wildman–Crippen LogP) is 2.24. The summed E-state index contributed by atoms with van der Waals surface area (Å²) in [5, 5.41) is 2.56. The Balaban J connectivity index is 2.49. The topological polar surface area (TPSA) is 72.5 Å². The lowest BCUT2D eigenvalue weighted by Gasteiger charge is -2.19. The van der Waals surface area contributed by atoms with E-state index < -0.39 is 5.97 Å². The van der Waals surface area contributed by atoms with Crippen molar-refractivity contribution in [1.82, 2.24) is 5.32 Å². The molecule has 1 rings (SSSR count). The minimum Gasteiger partial charge on any atom is -0.469 e. The van der Waals surface area contributed by atoms with E-state index in [1.807, 2.05) is 12.1 Å². The van der Waals surface area contributed by atoms with E-state index in [0.29, 0.717) is 5.56 Å². The highest BCUT2D eigenvalue weighted by Crippen LogP contribution is 2.22. The Morgan fingerprint density at radius 3 is 2.14 bits per heavy atom. The number of methoxy groups -OCH3 is 1. The number of ether oxygens (including phenoxy) is 1. The Bertz CT molecular complexity index is 541. The number of nitrogens with one attached hydrogen (secondary N) is 1. The molecule has 1 aromatic carbocycles. The van der Waals surface area contributed by atoms with Gasteiger partial charge in [0.15, 0.2) is 5.78 Å². The number of amides is 1. The lowest BCUT2D eigenvalue weighted by atomic mass is 9.87. The van der Waals surface area contributed by atoms with E-state index in [-0.39, 0.29) is 36.5 Å². The molecule has 0 aliphatic heterocycles. The first kappa shape index (κ1) is 17.9.